The van der Waals surface area contributed by atoms with Crippen LogP contribution in [-0.4, -0.2) is 10.1 Å². The average Bonchev–Trinajstić information content (AvgIpc) is 2.37. The molecule has 0 radical (unpaired) electrons. The monoisotopic (exact) mass is 283 g/mol. The standard InChI is InChI=1S/C19H25NO/c1-18(2,3)15-10-14(13-8-7-9-20-12-13)11-16(17(15)21)19(4,5)6/h7-12,21H,1-6H3. The zero-order valence-corrected chi connectivity index (χ0v) is 13.9. The normalized spacial score (nSPS) is 12.5. The number of rotatable bonds is 1. The Morgan fingerprint density at radius 1 is 0.857 bits per heavy atom. The van der Waals surface area contributed by atoms with Crippen molar-refractivity contribution in [3.05, 3.63) is 47.8 Å². The summed E-state index contributed by atoms with van der Waals surface area (Å²) in [6, 6.07) is 8.16. The van der Waals surface area contributed by atoms with Gasteiger partial charge < -0.3 is 5.11 Å². The Morgan fingerprint density at radius 2 is 1.38 bits per heavy atom. The van der Waals surface area contributed by atoms with Crippen molar-refractivity contribution in [3.63, 3.8) is 0 Å². The highest BCUT2D eigenvalue weighted by Crippen LogP contribution is 2.41. The molecule has 0 atom stereocenters. The highest BCUT2D eigenvalue weighted by Gasteiger charge is 2.26. The largest absolute Gasteiger partial charge is 0.507 e. The molecule has 0 saturated carbocycles. The molecule has 1 aromatic heterocycles. The van der Waals surface area contributed by atoms with Gasteiger partial charge in [-0.2, -0.15) is 0 Å². The minimum Gasteiger partial charge on any atom is -0.507 e. The second-order valence-corrected chi connectivity index (χ2v) is 7.66. The van der Waals surface area contributed by atoms with Gasteiger partial charge in [0.25, 0.3) is 0 Å². The van der Waals surface area contributed by atoms with Gasteiger partial charge in [-0.3, -0.25) is 4.98 Å². The van der Waals surface area contributed by atoms with Crippen LogP contribution in [0.3, 0.4) is 0 Å². The van der Waals surface area contributed by atoms with Crippen LogP contribution in [-0.2, 0) is 10.8 Å². The van der Waals surface area contributed by atoms with Gasteiger partial charge >= 0.3 is 0 Å². The molecule has 1 heterocycles. The van der Waals surface area contributed by atoms with Gasteiger partial charge in [-0.15, -0.1) is 0 Å². The molecule has 0 spiro atoms. The Labute approximate surface area is 127 Å². The fourth-order valence-corrected chi connectivity index (χ4v) is 2.48. The molecule has 0 aliphatic carbocycles. The van der Waals surface area contributed by atoms with Crippen molar-refractivity contribution >= 4 is 0 Å². The van der Waals surface area contributed by atoms with Crippen molar-refractivity contribution in [2.45, 2.75) is 52.4 Å². The van der Waals surface area contributed by atoms with E-state index in [4.69, 9.17) is 0 Å². The van der Waals surface area contributed by atoms with E-state index in [0.29, 0.717) is 5.75 Å². The van der Waals surface area contributed by atoms with Crippen LogP contribution in [0, 0.1) is 0 Å². The summed E-state index contributed by atoms with van der Waals surface area (Å²) in [5, 5.41) is 10.7. The maximum atomic E-state index is 10.7. The summed E-state index contributed by atoms with van der Waals surface area (Å²) in [4.78, 5) is 4.20. The van der Waals surface area contributed by atoms with Crippen LogP contribution in [0.1, 0.15) is 52.7 Å². The number of aromatic nitrogens is 1. The fraction of sp³-hybridized carbons (Fsp3) is 0.421. The Kier molecular flexibility index (Phi) is 3.83. The van der Waals surface area contributed by atoms with Gasteiger partial charge in [-0.25, -0.2) is 0 Å². The lowest BCUT2D eigenvalue weighted by atomic mass is 9.78. The molecule has 0 amide bonds. The van der Waals surface area contributed by atoms with Gasteiger partial charge in [0.15, 0.2) is 0 Å². The van der Waals surface area contributed by atoms with Gasteiger partial charge in [0.05, 0.1) is 0 Å². The van der Waals surface area contributed by atoms with Gasteiger partial charge in [0, 0.05) is 29.1 Å². The van der Waals surface area contributed by atoms with E-state index in [1.165, 1.54) is 0 Å². The van der Waals surface area contributed by atoms with Gasteiger partial charge in [0.2, 0.25) is 0 Å². The number of aromatic hydroxyl groups is 1. The molecule has 2 rings (SSSR count). The highest BCUT2D eigenvalue weighted by atomic mass is 16.3. The molecule has 0 saturated heterocycles. The summed E-state index contributed by atoms with van der Waals surface area (Å²) in [5.41, 5.74) is 3.93. The van der Waals surface area contributed by atoms with Crippen molar-refractivity contribution in [2.24, 2.45) is 0 Å². The summed E-state index contributed by atoms with van der Waals surface area (Å²) in [6.45, 7) is 12.8. The third-order valence-corrected chi connectivity index (χ3v) is 3.72. The van der Waals surface area contributed by atoms with E-state index >= 15 is 0 Å². The second-order valence-electron chi connectivity index (χ2n) is 7.66. The van der Waals surface area contributed by atoms with Crippen molar-refractivity contribution in [1.29, 1.82) is 0 Å². The first-order valence-electron chi connectivity index (χ1n) is 7.39. The molecular weight excluding hydrogens is 258 g/mol. The van der Waals surface area contributed by atoms with Crippen LogP contribution in [0.5, 0.6) is 5.75 Å². The average molecular weight is 283 g/mol. The molecule has 2 nitrogen and oxygen atoms in total. The molecule has 0 unspecified atom stereocenters. The summed E-state index contributed by atoms with van der Waals surface area (Å²) in [5.74, 6) is 0.419. The number of pyridine rings is 1. The van der Waals surface area contributed by atoms with E-state index in [9.17, 15) is 5.11 Å². The first-order valence-corrected chi connectivity index (χ1v) is 7.39. The van der Waals surface area contributed by atoms with E-state index in [1.807, 2.05) is 12.3 Å². The third-order valence-electron chi connectivity index (χ3n) is 3.72. The van der Waals surface area contributed by atoms with Crippen LogP contribution in [0.2, 0.25) is 0 Å². The zero-order valence-electron chi connectivity index (χ0n) is 13.9. The second kappa shape index (κ2) is 5.18. The summed E-state index contributed by atoms with van der Waals surface area (Å²) >= 11 is 0. The first kappa shape index (κ1) is 15.6. The molecular formula is C19H25NO. The molecule has 112 valence electrons. The quantitative estimate of drug-likeness (QED) is 0.794. The zero-order chi connectivity index (χ0) is 15.8. The van der Waals surface area contributed by atoms with Gasteiger partial charge in [-0.05, 0) is 34.6 Å². The first-order chi connectivity index (χ1) is 9.60. The summed E-state index contributed by atoms with van der Waals surface area (Å²) in [6.07, 6.45) is 3.64. The number of hydrogen-bond donors (Lipinski definition) is 1. The third kappa shape index (κ3) is 3.26. The maximum absolute atomic E-state index is 10.7. The number of phenols is 1. The van der Waals surface area contributed by atoms with E-state index < -0.39 is 0 Å². The number of benzene rings is 1. The minimum absolute atomic E-state index is 0.109. The Balaban J connectivity index is 2.75. The van der Waals surface area contributed by atoms with Crippen LogP contribution in [0.15, 0.2) is 36.7 Å². The number of hydrogen-bond acceptors (Lipinski definition) is 2. The predicted molar refractivity (Wildman–Crippen MR) is 88.7 cm³/mol. The van der Waals surface area contributed by atoms with Crippen LogP contribution < -0.4 is 0 Å². The maximum Gasteiger partial charge on any atom is 0.123 e. The fourth-order valence-electron chi connectivity index (χ4n) is 2.48. The van der Waals surface area contributed by atoms with E-state index in [2.05, 4.69) is 64.7 Å². The van der Waals surface area contributed by atoms with Crippen molar-refractivity contribution in [1.82, 2.24) is 4.98 Å². The number of phenolic OH excluding ortho intramolecular Hbond substituents is 1. The molecule has 0 aliphatic rings. The smallest absolute Gasteiger partial charge is 0.123 e. The van der Waals surface area contributed by atoms with Gasteiger partial charge in [0.1, 0.15) is 5.75 Å². The summed E-state index contributed by atoms with van der Waals surface area (Å²) in [7, 11) is 0. The van der Waals surface area contributed by atoms with Crippen LogP contribution in [0.4, 0.5) is 0 Å². The molecule has 1 N–H and O–H groups in total. The lowest BCUT2D eigenvalue weighted by molar-refractivity contribution is 0.423. The van der Waals surface area contributed by atoms with E-state index in [-0.39, 0.29) is 10.8 Å². The molecule has 2 heteroatoms. The predicted octanol–water partition coefficient (Wildman–Crippen LogP) is 5.05. The van der Waals surface area contributed by atoms with E-state index in [0.717, 1.165) is 22.3 Å². The number of nitrogens with zero attached hydrogens (tertiary/aromatic N) is 1. The van der Waals surface area contributed by atoms with Gasteiger partial charge in [-0.1, -0.05) is 47.6 Å². The molecule has 1 aromatic carbocycles. The minimum atomic E-state index is -0.109. The van der Waals surface area contributed by atoms with Crippen molar-refractivity contribution in [3.8, 4) is 16.9 Å². The lowest BCUT2D eigenvalue weighted by Gasteiger charge is -2.28. The van der Waals surface area contributed by atoms with Crippen molar-refractivity contribution in [2.75, 3.05) is 0 Å². The van der Waals surface area contributed by atoms with Crippen molar-refractivity contribution < 1.29 is 5.11 Å². The van der Waals surface area contributed by atoms with E-state index in [1.54, 1.807) is 6.20 Å². The van der Waals surface area contributed by atoms with Crippen LogP contribution >= 0.6 is 0 Å². The molecule has 0 fully saturated rings. The Hall–Kier alpha value is -1.83. The SMILES string of the molecule is CC(C)(C)c1cc(-c2cccnc2)cc(C(C)(C)C)c1O. The summed E-state index contributed by atoms with van der Waals surface area (Å²) < 4.78 is 0. The highest BCUT2D eigenvalue weighted by molar-refractivity contribution is 5.68. The van der Waals surface area contributed by atoms with Crippen LogP contribution in [0.25, 0.3) is 11.1 Å². The topological polar surface area (TPSA) is 33.1 Å². The molecule has 2 aromatic rings. The Morgan fingerprint density at radius 3 is 1.76 bits per heavy atom. The lowest BCUT2D eigenvalue weighted by Crippen LogP contribution is -2.17. The molecule has 0 aliphatic heterocycles. The Bertz CT molecular complexity index is 596. The molecule has 21 heavy (non-hydrogen) atoms. The molecule has 0 bridgehead atoms.